The van der Waals surface area contributed by atoms with Crippen LogP contribution in [0.1, 0.15) is 19.3 Å². The van der Waals surface area contributed by atoms with Crippen molar-refractivity contribution in [1.29, 1.82) is 0 Å². The Bertz CT molecular complexity index is 387. The molecular weight excluding hydrogens is 216 g/mol. The van der Waals surface area contributed by atoms with Crippen molar-refractivity contribution in [3.05, 3.63) is 24.3 Å². The van der Waals surface area contributed by atoms with Gasteiger partial charge in [0.2, 0.25) is 5.91 Å². The lowest BCUT2D eigenvalue weighted by Crippen LogP contribution is -2.43. The van der Waals surface area contributed by atoms with Crippen LogP contribution in [-0.2, 0) is 4.79 Å². The van der Waals surface area contributed by atoms with Crippen molar-refractivity contribution in [2.75, 3.05) is 19.0 Å². The maximum absolute atomic E-state index is 12.0. The molecule has 0 unspecified atom stereocenters. The number of carbonyl (C=O) groups excluding carboxylic acids is 1. The average molecular weight is 234 g/mol. The topological polar surface area (TPSA) is 50.4 Å². The van der Waals surface area contributed by atoms with Gasteiger partial charge in [-0.3, -0.25) is 4.79 Å². The number of nitrogens with one attached hydrogen (secondary N) is 2. The van der Waals surface area contributed by atoms with Crippen molar-refractivity contribution in [3.8, 4) is 5.75 Å². The molecule has 1 amide bonds. The zero-order valence-electron chi connectivity index (χ0n) is 10.0. The third-order valence-electron chi connectivity index (χ3n) is 2.99. The Morgan fingerprint density at radius 1 is 1.41 bits per heavy atom. The van der Waals surface area contributed by atoms with Crippen molar-refractivity contribution in [2.45, 2.75) is 25.3 Å². The molecule has 2 N–H and O–H groups in total. The Labute approximate surface area is 101 Å². The number of hydrogen-bond donors (Lipinski definition) is 2. The van der Waals surface area contributed by atoms with E-state index >= 15 is 0 Å². The number of rotatable bonds is 3. The van der Waals surface area contributed by atoms with Crippen LogP contribution in [0.15, 0.2) is 24.3 Å². The molecule has 4 nitrogen and oxygen atoms in total. The van der Waals surface area contributed by atoms with Crippen LogP contribution in [0.5, 0.6) is 5.75 Å². The monoisotopic (exact) mass is 234 g/mol. The Morgan fingerprint density at radius 3 is 2.94 bits per heavy atom. The summed E-state index contributed by atoms with van der Waals surface area (Å²) in [6.45, 7) is 0.921. The van der Waals surface area contributed by atoms with Gasteiger partial charge in [0.1, 0.15) is 5.75 Å². The molecule has 0 radical (unpaired) electrons. The number of benzene rings is 1. The number of amides is 1. The van der Waals surface area contributed by atoms with Gasteiger partial charge in [0, 0.05) is 0 Å². The third kappa shape index (κ3) is 2.97. The van der Waals surface area contributed by atoms with Gasteiger partial charge in [0.25, 0.3) is 0 Å². The SMILES string of the molecule is COc1ccccc1NC(=O)[C@H]1CCCCN1. The van der Waals surface area contributed by atoms with Gasteiger partial charge in [0.15, 0.2) is 0 Å². The number of methoxy groups -OCH3 is 1. The van der Waals surface area contributed by atoms with Crippen molar-refractivity contribution in [3.63, 3.8) is 0 Å². The number of piperidine rings is 1. The van der Waals surface area contributed by atoms with E-state index in [1.54, 1.807) is 7.11 Å². The predicted molar refractivity (Wildman–Crippen MR) is 67.3 cm³/mol. The first-order valence-electron chi connectivity index (χ1n) is 5.98. The van der Waals surface area contributed by atoms with Crippen LogP contribution in [0.25, 0.3) is 0 Å². The molecule has 1 saturated heterocycles. The van der Waals surface area contributed by atoms with Crippen molar-refractivity contribution in [1.82, 2.24) is 5.32 Å². The molecular formula is C13H18N2O2. The van der Waals surface area contributed by atoms with Gasteiger partial charge in [-0.25, -0.2) is 0 Å². The number of ether oxygens (including phenoxy) is 1. The summed E-state index contributed by atoms with van der Waals surface area (Å²) in [4.78, 5) is 12.0. The highest BCUT2D eigenvalue weighted by molar-refractivity contribution is 5.96. The lowest BCUT2D eigenvalue weighted by molar-refractivity contribution is -0.118. The molecule has 92 valence electrons. The predicted octanol–water partition coefficient (Wildman–Crippen LogP) is 1.78. The fourth-order valence-corrected chi connectivity index (χ4v) is 2.04. The van der Waals surface area contributed by atoms with Gasteiger partial charge in [-0.1, -0.05) is 18.6 Å². The second-order valence-electron chi connectivity index (χ2n) is 4.19. The molecule has 1 aromatic carbocycles. The summed E-state index contributed by atoms with van der Waals surface area (Å²) in [6, 6.07) is 7.37. The molecule has 1 fully saturated rings. The molecule has 17 heavy (non-hydrogen) atoms. The van der Waals surface area contributed by atoms with Crippen LogP contribution in [0.3, 0.4) is 0 Å². The highest BCUT2D eigenvalue weighted by Gasteiger charge is 2.21. The van der Waals surface area contributed by atoms with E-state index in [9.17, 15) is 4.79 Å². The molecule has 1 aliphatic heterocycles. The maximum atomic E-state index is 12.0. The zero-order valence-corrected chi connectivity index (χ0v) is 10.0. The highest BCUT2D eigenvalue weighted by atomic mass is 16.5. The normalized spacial score (nSPS) is 19.7. The van der Waals surface area contributed by atoms with Crippen LogP contribution < -0.4 is 15.4 Å². The van der Waals surface area contributed by atoms with Crippen molar-refractivity contribution < 1.29 is 9.53 Å². The summed E-state index contributed by atoms with van der Waals surface area (Å²) >= 11 is 0. The smallest absolute Gasteiger partial charge is 0.241 e. The second kappa shape index (κ2) is 5.68. The van der Waals surface area contributed by atoms with E-state index in [0.29, 0.717) is 5.75 Å². The zero-order chi connectivity index (χ0) is 12.1. The minimum Gasteiger partial charge on any atom is -0.495 e. The van der Waals surface area contributed by atoms with E-state index in [1.165, 1.54) is 0 Å². The Hall–Kier alpha value is -1.55. The molecule has 0 spiro atoms. The van der Waals surface area contributed by atoms with E-state index in [2.05, 4.69) is 10.6 Å². The minimum absolute atomic E-state index is 0.0224. The maximum Gasteiger partial charge on any atom is 0.241 e. The van der Waals surface area contributed by atoms with Crippen molar-refractivity contribution in [2.24, 2.45) is 0 Å². The summed E-state index contributed by atoms with van der Waals surface area (Å²) in [5.74, 6) is 0.714. The molecule has 1 aliphatic rings. The quantitative estimate of drug-likeness (QED) is 0.838. The minimum atomic E-state index is -0.0753. The lowest BCUT2D eigenvalue weighted by Gasteiger charge is -2.22. The van der Waals surface area contributed by atoms with E-state index in [-0.39, 0.29) is 11.9 Å². The first kappa shape index (κ1) is 11.9. The first-order valence-corrected chi connectivity index (χ1v) is 5.98. The van der Waals surface area contributed by atoms with Gasteiger partial charge in [-0.05, 0) is 31.5 Å². The molecule has 4 heteroatoms. The standard InChI is InChI=1S/C13H18N2O2/c1-17-12-8-3-2-6-10(12)15-13(16)11-7-4-5-9-14-11/h2-3,6,8,11,14H,4-5,7,9H2,1H3,(H,15,16)/t11-/m1/s1. The van der Waals surface area contributed by atoms with Gasteiger partial charge in [-0.2, -0.15) is 0 Å². The number of hydrogen-bond acceptors (Lipinski definition) is 3. The lowest BCUT2D eigenvalue weighted by atomic mass is 10.0. The third-order valence-corrected chi connectivity index (χ3v) is 2.99. The molecule has 2 rings (SSSR count). The molecule has 0 aliphatic carbocycles. The molecule has 0 aromatic heterocycles. The van der Waals surface area contributed by atoms with Crippen LogP contribution >= 0.6 is 0 Å². The highest BCUT2D eigenvalue weighted by Crippen LogP contribution is 2.23. The fraction of sp³-hybridized carbons (Fsp3) is 0.462. The average Bonchev–Trinajstić information content (AvgIpc) is 2.40. The van der Waals surface area contributed by atoms with Crippen LogP contribution in [0.2, 0.25) is 0 Å². The van der Waals surface area contributed by atoms with E-state index in [1.807, 2.05) is 24.3 Å². The summed E-state index contributed by atoms with van der Waals surface area (Å²) in [5, 5.41) is 6.13. The van der Waals surface area contributed by atoms with Crippen molar-refractivity contribution >= 4 is 11.6 Å². The Morgan fingerprint density at radius 2 is 2.24 bits per heavy atom. The van der Waals surface area contributed by atoms with Gasteiger partial charge in [-0.15, -0.1) is 0 Å². The Kier molecular flexibility index (Phi) is 3.98. The van der Waals surface area contributed by atoms with E-state index < -0.39 is 0 Å². The molecule has 1 aromatic rings. The van der Waals surface area contributed by atoms with E-state index in [0.717, 1.165) is 31.5 Å². The van der Waals surface area contributed by atoms with Gasteiger partial charge in [0.05, 0.1) is 18.8 Å². The van der Waals surface area contributed by atoms with Crippen LogP contribution in [0.4, 0.5) is 5.69 Å². The Balaban J connectivity index is 2.01. The number of anilines is 1. The number of para-hydroxylation sites is 2. The summed E-state index contributed by atoms with van der Waals surface area (Å²) in [5.41, 5.74) is 0.729. The first-order chi connectivity index (χ1) is 8.31. The molecule has 1 heterocycles. The second-order valence-corrected chi connectivity index (χ2v) is 4.19. The van der Waals surface area contributed by atoms with Crippen LogP contribution in [0, 0.1) is 0 Å². The molecule has 0 bridgehead atoms. The number of carbonyl (C=O) groups is 1. The largest absolute Gasteiger partial charge is 0.495 e. The fourth-order valence-electron chi connectivity index (χ4n) is 2.04. The summed E-state index contributed by atoms with van der Waals surface area (Å²) in [7, 11) is 1.60. The van der Waals surface area contributed by atoms with Gasteiger partial charge >= 0.3 is 0 Å². The van der Waals surface area contributed by atoms with Gasteiger partial charge < -0.3 is 15.4 Å². The molecule has 1 atom stereocenters. The summed E-state index contributed by atoms with van der Waals surface area (Å²) in [6.07, 6.45) is 3.16. The molecule has 0 saturated carbocycles. The van der Waals surface area contributed by atoms with E-state index in [4.69, 9.17) is 4.74 Å². The summed E-state index contributed by atoms with van der Waals surface area (Å²) < 4.78 is 5.20. The van der Waals surface area contributed by atoms with Crippen LogP contribution in [-0.4, -0.2) is 25.6 Å².